The van der Waals surface area contributed by atoms with E-state index in [-0.39, 0.29) is 25.3 Å². The summed E-state index contributed by atoms with van der Waals surface area (Å²) in [6.45, 7) is 7.24. The van der Waals surface area contributed by atoms with Gasteiger partial charge in [0.25, 0.3) is 0 Å². The second-order valence-electron chi connectivity index (χ2n) is 13.1. The van der Waals surface area contributed by atoms with Gasteiger partial charge in [-0.3, -0.25) is 9.59 Å². The van der Waals surface area contributed by atoms with Crippen LogP contribution in [-0.4, -0.2) is 83.9 Å². The number of allylic oxidation sites excluding steroid dienone is 1. The number of fused-ring (bicyclic) bond motifs is 2. The van der Waals surface area contributed by atoms with Gasteiger partial charge in [0.1, 0.15) is 23.2 Å². The number of hydrogen-bond acceptors (Lipinski definition) is 8. The topological polar surface area (TPSA) is 169 Å². The molecule has 242 valence electrons. The second kappa shape index (κ2) is 12.9. The molecule has 2 aromatic rings. The standard InChI is InChI=1S/C31H40BrN7O6/c1-18-14-19(12-13-22(18)32)25-35-37-39(36-25)21-15-24-26(40)34-31(28(42)43)16-20(31)10-8-6-5-7-9-11-23(27(41)38(24)17-21)33-29(44)45-30(2,3)4/h8,10,12-14,20-21,23-24H,5-7,9,11,15-17H2,1-4H3,(H,33,44)(H,34,40)(H,42,43)/b10-8-/t20-,21-,23+,24+,31-/m1/s1. The van der Waals surface area contributed by atoms with Crippen LogP contribution in [0.2, 0.25) is 0 Å². The van der Waals surface area contributed by atoms with E-state index in [1.807, 2.05) is 37.3 Å². The van der Waals surface area contributed by atoms with E-state index >= 15 is 0 Å². The Hall–Kier alpha value is -3.81. The number of aliphatic carboxylic acids is 1. The van der Waals surface area contributed by atoms with E-state index in [0.29, 0.717) is 18.7 Å². The zero-order valence-electron chi connectivity index (χ0n) is 26.0. The van der Waals surface area contributed by atoms with Crippen LogP contribution in [0.5, 0.6) is 0 Å². The molecular formula is C31H40BrN7O6. The molecule has 1 aromatic carbocycles. The Morgan fingerprint density at radius 2 is 1.98 bits per heavy atom. The lowest BCUT2D eigenvalue weighted by atomic mass is 10.0. The highest BCUT2D eigenvalue weighted by molar-refractivity contribution is 9.10. The number of carboxylic acid groups (broad SMARTS) is 1. The maximum Gasteiger partial charge on any atom is 0.408 e. The highest BCUT2D eigenvalue weighted by atomic mass is 79.9. The number of benzene rings is 1. The fraction of sp³-hybridized carbons (Fsp3) is 0.581. The van der Waals surface area contributed by atoms with E-state index < -0.39 is 53.1 Å². The molecular weight excluding hydrogens is 646 g/mol. The number of halogens is 1. The Balaban J connectivity index is 1.45. The predicted molar refractivity (Wildman–Crippen MR) is 167 cm³/mol. The first-order chi connectivity index (χ1) is 21.3. The second-order valence-corrected chi connectivity index (χ2v) is 14.0. The molecule has 0 spiro atoms. The third kappa shape index (κ3) is 7.37. The molecule has 0 unspecified atom stereocenters. The Labute approximate surface area is 270 Å². The zero-order chi connectivity index (χ0) is 32.5. The van der Waals surface area contributed by atoms with Gasteiger partial charge in [-0.1, -0.05) is 40.9 Å². The molecule has 5 atom stereocenters. The fourth-order valence-corrected chi connectivity index (χ4v) is 6.22. The highest BCUT2D eigenvalue weighted by Crippen LogP contribution is 2.45. The van der Waals surface area contributed by atoms with Crippen molar-refractivity contribution in [3.05, 3.63) is 40.4 Å². The predicted octanol–water partition coefficient (Wildman–Crippen LogP) is 3.93. The summed E-state index contributed by atoms with van der Waals surface area (Å²) in [6.07, 6.45) is 6.94. The normalized spacial score (nSPS) is 28.2. The Morgan fingerprint density at radius 3 is 2.69 bits per heavy atom. The number of rotatable bonds is 4. The molecule has 2 fully saturated rings. The molecule has 2 aliphatic heterocycles. The van der Waals surface area contributed by atoms with Crippen molar-refractivity contribution in [3.63, 3.8) is 0 Å². The van der Waals surface area contributed by atoms with Gasteiger partial charge in [0.15, 0.2) is 0 Å². The first-order valence-electron chi connectivity index (χ1n) is 15.4. The molecule has 3 aliphatic rings. The lowest BCUT2D eigenvalue weighted by molar-refractivity contribution is -0.145. The molecule has 0 radical (unpaired) electrons. The quantitative estimate of drug-likeness (QED) is 0.404. The van der Waals surface area contributed by atoms with Crippen molar-refractivity contribution in [2.45, 2.75) is 102 Å². The average Bonchev–Trinajstić information content (AvgIpc) is 3.28. The lowest BCUT2D eigenvalue weighted by Gasteiger charge is -2.30. The summed E-state index contributed by atoms with van der Waals surface area (Å²) in [6, 6.07) is 3.23. The van der Waals surface area contributed by atoms with Gasteiger partial charge in [0.05, 0.1) is 6.04 Å². The Bertz CT molecular complexity index is 1500. The van der Waals surface area contributed by atoms with E-state index in [2.05, 4.69) is 42.0 Å². The number of ether oxygens (including phenoxy) is 1. The molecule has 1 aromatic heterocycles. The number of amides is 3. The first kappa shape index (κ1) is 32.6. The molecule has 1 aliphatic carbocycles. The van der Waals surface area contributed by atoms with Gasteiger partial charge >= 0.3 is 12.1 Å². The number of carbonyl (C=O) groups excluding carboxylic acids is 3. The fourth-order valence-electron chi connectivity index (χ4n) is 5.97. The minimum atomic E-state index is -1.42. The van der Waals surface area contributed by atoms with Crippen molar-refractivity contribution < 1.29 is 29.0 Å². The van der Waals surface area contributed by atoms with Crippen LogP contribution in [0.25, 0.3) is 11.4 Å². The number of tetrazole rings is 1. The van der Waals surface area contributed by atoms with Gasteiger partial charge < -0.3 is 25.4 Å². The molecule has 5 rings (SSSR count). The van der Waals surface area contributed by atoms with Crippen LogP contribution in [0.4, 0.5) is 4.79 Å². The molecule has 3 heterocycles. The molecule has 1 saturated carbocycles. The minimum Gasteiger partial charge on any atom is -0.479 e. The van der Waals surface area contributed by atoms with Crippen molar-refractivity contribution in [1.29, 1.82) is 0 Å². The number of aromatic nitrogens is 4. The van der Waals surface area contributed by atoms with Crippen molar-refractivity contribution in [1.82, 2.24) is 35.7 Å². The maximum atomic E-state index is 14.2. The number of carbonyl (C=O) groups is 4. The number of nitrogens with zero attached hydrogens (tertiary/aromatic N) is 5. The molecule has 14 heteroatoms. The monoisotopic (exact) mass is 685 g/mol. The number of alkyl carbamates (subject to hydrolysis) is 1. The van der Waals surface area contributed by atoms with Gasteiger partial charge in [0.2, 0.25) is 17.6 Å². The van der Waals surface area contributed by atoms with Crippen LogP contribution >= 0.6 is 15.9 Å². The summed E-state index contributed by atoms with van der Waals surface area (Å²) >= 11 is 3.50. The zero-order valence-corrected chi connectivity index (χ0v) is 27.5. The SMILES string of the molecule is Cc1cc(-c2nnn([C@@H]3C[C@H]4C(=O)N[C@]5(C(=O)O)C[C@H]5/C=C\CCCCC[C@H](NC(=O)OC(C)(C)C)C(=O)N4C3)n2)ccc1Br. The number of aryl methyl sites for hydroxylation is 1. The summed E-state index contributed by atoms with van der Waals surface area (Å²) in [5.74, 6) is -2.07. The van der Waals surface area contributed by atoms with Crippen molar-refractivity contribution in [2.24, 2.45) is 5.92 Å². The van der Waals surface area contributed by atoms with Crippen LogP contribution in [-0.2, 0) is 19.1 Å². The van der Waals surface area contributed by atoms with Crippen molar-refractivity contribution >= 4 is 39.8 Å². The number of carboxylic acids is 1. The minimum absolute atomic E-state index is 0.0714. The van der Waals surface area contributed by atoms with Crippen molar-refractivity contribution in [3.8, 4) is 11.4 Å². The first-order valence-corrected chi connectivity index (χ1v) is 16.1. The van der Waals surface area contributed by atoms with Crippen LogP contribution in [0.15, 0.2) is 34.8 Å². The van der Waals surface area contributed by atoms with Crippen LogP contribution < -0.4 is 10.6 Å². The molecule has 45 heavy (non-hydrogen) atoms. The number of hydrogen-bond donors (Lipinski definition) is 3. The van der Waals surface area contributed by atoms with Gasteiger partial charge in [-0.05, 0) is 82.4 Å². The van der Waals surface area contributed by atoms with E-state index in [9.17, 15) is 24.3 Å². The third-order valence-corrected chi connectivity index (χ3v) is 9.39. The van der Waals surface area contributed by atoms with Gasteiger partial charge in [-0.15, -0.1) is 10.2 Å². The summed E-state index contributed by atoms with van der Waals surface area (Å²) < 4.78 is 6.40. The lowest BCUT2D eigenvalue weighted by Crippen LogP contribution is -2.56. The Kier molecular flexibility index (Phi) is 9.33. The summed E-state index contributed by atoms with van der Waals surface area (Å²) in [5, 5.41) is 28.6. The van der Waals surface area contributed by atoms with E-state index in [1.165, 1.54) is 9.70 Å². The average molecular weight is 687 g/mol. The van der Waals surface area contributed by atoms with Gasteiger partial charge in [0, 0.05) is 28.9 Å². The summed E-state index contributed by atoms with van der Waals surface area (Å²) in [4.78, 5) is 56.0. The molecule has 3 amide bonds. The van der Waals surface area contributed by atoms with E-state index in [0.717, 1.165) is 34.9 Å². The van der Waals surface area contributed by atoms with Gasteiger partial charge in [-0.25, -0.2) is 9.59 Å². The number of nitrogens with one attached hydrogen (secondary N) is 2. The summed E-state index contributed by atoms with van der Waals surface area (Å²) in [7, 11) is 0. The molecule has 3 N–H and O–H groups in total. The van der Waals surface area contributed by atoms with Crippen LogP contribution in [0, 0.1) is 12.8 Å². The van der Waals surface area contributed by atoms with Crippen molar-refractivity contribution in [2.75, 3.05) is 6.54 Å². The van der Waals surface area contributed by atoms with E-state index in [1.54, 1.807) is 20.8 Å². The molecule has 1 saturated heterocycles. The van der Waals surface area contributed by atoms with E-state index in [4.69, 9.17) is 4.74 Å². The largest absolute Gasteiger partial charge is 0.479 e. The third-order valence-electron chi connectivity index (χ3n) is 8.50. The van der Waals surface area contributed by atoms with Gasteiger partial charge in [-0.2, -0.15) is 4.80 Å². The smallest absolute Gasteiger partial charge is 0.408 e. The summed E-state index contributed by atoms with van der Waals surface area (Å²) in [5.41, 5.74) is -0.424. The van der Waals surface area contributed by atoms with Crippen LogP contribution in [0.1, 0.15) is 77.3 Å². The highest BCUT2D eigenvalue weighted by Gasteiger charge is 2.61. The molecule has 0 bridgehead atoms. The molecule has 13 nitrogen and oxygen atoms in total. The Morgan fingerprint density at radius 1 is 1.20 bits per heavy atom. The maximum absolute atomic E-state index is 14.2. The van der Waals surface area contributed by atoms with Crippen LogP contribution in [0.3, 0.4) is 0 Å².